The van der Waals surface area contributed by atoms with E-state index in [1.54, 1.807) is 12.1 Å². The molecule has 0 bridgehead atoms. The van der Waals surface area contributed by atoms with Gasteiger partial charge < -0.3 is 19.2 Å². The molecule has 0 unspecified atom stereocenters. The van der Waals surface area contributed by atoms with Crippen LogP contribution >= 0.6 is 0 Å². The maximum absolute atomic E-state index is 12.2. The summed E-state index contributed by atoms with van der Waals surface area (Å²) in [6, 6.07) is 14.1. The Morgan fingerprint density at radius 2 is 1.77 bits per heavy atom. The lowest BCUT2D eigenvalue weighted by Crippen LogP contribution is -2.32. The van der Waals surface area contributed by atoms with E-state index in [0.717, 1.165) is 22.1 Å². The predicted molar refractivity (Wildman–Crippen MR) is 116 cm³/mol. The first-order valence-corrected chi connectivity index (χ1v) is 10.0. The third-order valence-electron chi connectivity index (χ3n) is 4.87. The molecule has 3 rings (SSSR count). The topological polar surface area (TPSA) is 94.8 Å². The lowest BCUT2D eigenvalue weighted by Gasteiger charge is -2.17. The van der Waals surface area contributed by atoms with Crippen LogP contribution in [0.5, 0.6) is 5.75 Å². The van der Waals surface area contributed by atoms with Gasteiger partial charge >= 0.3 is 11.6 Å². The largest absolute Gasteiger partial charge is 0.482 e. The second-order valence-electron chi connectivity index (χ2n) is 7.29. The van der Waals surface area contributed by atoms with Crippen LogP contribution in [0.4, 0.5) is 0 Å². The molecule has 162 valence electrons. The summed E-state index contributed by atoms with van der Waals surface area (Å²) < 4.78 is 15.6. The van der Waals surface area contributed by atoms with E-state index < -0.39 is 18.2 Å². The Hall–Kier alpha value is -3.61. The summed E-state index contributed by atoms with van der Waals surface area (Å²) in [5.74, 6) is -0.707. The standard InChI is InChI=1S/C24H25NO6/c1-4-20(17-7-5-15(2)6-8-17)25-22(26)13-30-24(28)14-29-18-9-10-19-16(3)11-23(27)31-21(19)12-18/h5-12,20H,4,13-14H2,1-3H3,(H,25,26)/t20-/m0/s1. The quantitative estimate of drug-likeness (QED) is 0.439. The van der Waals surface area contributed by atoms with E-state index in [1.165, 1.54) is 12.1 Å². The Morgan fingerprint density at radius 3 is 2.48 bits per heavy atom. The second kappa shape index (κ2) is 9.93. The molecule has 0 fully saturated rings. The monoisotopic (exact) mass is 423 g/mol. The van der Waals surface area contributed by atoms with E-state index in [-0.39, 0.29) is 18.6 Å². The first kappa shape index (κ1) is 22.1. The molecule has 0 aliphatic rings. The number of carbonyl (C=O) groups excluding carboxylic acids is 2. The number of aryl methyl sites for hydroxylation is 2. The number of hydrogen-bond donors (Lipinski definition) is 1. The van der Waals surface area contributed by atoms with Crippen molar-refractivity contribution in [3.8, 4) is 5.75 Å². The molecule has 1 aromatic heterocycles. The smallest absolute Gasteiger partial charge is 0.344 e. The normalized spacial score (nSPS) is 11.7. The van der Waals surface area contributed by atoms with Gasteiger partial charge in [-0.1, -0.05) is 36.8 Å². The minimum Gasteiger partial charge on any atom is -0.482 e. The third kappa shape index (κ3) is 5.94. The van der Waals surface area contributed by atoms with E-state index in [0.29, 0.717) is 17.8 Å². The van der Waals surface area contributed by atoms with E-state index >= 15 is 0 Å². The lowest BCUT2D eigenvalue weighted by atomic mass is 10.0. The summed E-state index contributed by atoms with van der Waals surface area (Å²) in [4.78, 5) is 35.6. The van der Waals surface area contributed by atoms with Crippen molar-refractivity contribution in [2.45, 2.75) is 33.2 Å². The van der Waals surface area contributed by atoms with Crippen LogP contribution in [0.25, 0.3) is 11.0 Å². The minimum absolute atomic E-state index is 0.154. The summed E-state index contributed by atoms with van der Waals surface area (Å²) in [6.07, 6.45) is 0.712. The van der Waals surface area contributed by atoms with Crippen LogP contribution in [0.2, 0.25) is 0 Å². The number of fused-ring (bicyclic) bond motifs is 1. The van der Waals surface area contributed by atoms with Crippen molar-refractivity contribution in [3.05, 3.63) is 75.6 Å². The highest BCUT2D eigenvalue weighted by Crippen LogP contribution is 2.22. The molecule has 31 heavy (non-hydrogen) atoms. The van der Waals surface area contributed by atoms with Gasteiger partial charge in [0, 0.05) is 17.5 Å². The number of hydrogen-bond acceptors (Lipinski definition) is 6. The van der Waals surface area contributed by atoms with Crippen LogP contribution in [0.15, 0.2) is 57.7 Å². The zero-order valence-corrected chi connectivity index (χ0v) is 17.8. The molecule has 7 nitrogen and oxygen atoms in total. The van der Waals surface area contributed by atoms with Crippen molar-refractivity contribution in [1.29, 1.82) is 0 Å². The fourth-order valence-corrected chi connectivity index (χ4v) is 3.18. The first-order chi connectivity index (χ1) is 14.9. The van der Waals surface area contributed by atoms with E-state index in [4.69, 9.17) is 13.9 Å². The minimum atomic E-state index is -0.677. The third-order valence-corrected chi connectivity index (χ3v) is 4.87. The van der Waals surface area contributed by atoms with Crippen LogP contribution in [0.3, 0.4) is 0 Å². The summed E-state index contributed by atoms with van der Waals surface area (Å²) in [5.41, 5.74) is 2.84. The predicted octanol–water partition coefficient (Wildman–Crippen LogP) is 3.60. The molecule has 0 saturated heterocycles. The lowest BCUT2D eigenvalue weighted by molar-refractivity contribution is -0.150. The van der Waals surface area contributed by atoms with Gasteiger partial charge in [-0.15, -0.1) is 0 Å². The average molecular weight is 423 g/mol. The van der Waals surface area contributed by atoms with Crippen molar-refractivity contribution < 1.29 is 23.5 Å². The van der Waals surface area contributed by atoms with Crippen molar-refractivity contribution in [2.24, 2.45) is 0 Å². The summed E-state index contributed by atoms with van der Waals surface area (Å²) in [7, 11) is 0. The van der Waals surface area contributed by atoms with Gasteiger partial charge in [0.05, 0.1) is 6.04 Å². The van der Waals surface area contributed by atoms with Crippen LogP contribution in [-0.2, 0) is 14.3 Å². The fraction of sp³-hybridized carbons (Fsp3) is 0.292. The second-order valence-corrected chi connectivity index (χ2v) is 7.29. The molecule has 1 atom stereocenters. The Balaban J connectivity index is 1.49. The molecule has 0 aliphatic heterocycles. The van der Waals surface area contributed by atoms with Gasteiger partial charge in [0.2, 0.25) is 0 Å². The molecule has 1 N–H and O–H groups in total. The molecule has 3 aromatic rings. The van der Waals surface area contributed by atoms with Crippen molar-refractivity contribution >= 4 is 22.8 Å². The fourth-order valence-electron chi connectivity index (χ4n) is 3.18. The van der Waals surface area contributed by atoms with Gasteiger partial charge in [0.15, 0.2) is 13.2 Å². The Bertz CT molecular complexity index is 1130. The number of nitrogens with one attached hydrogen (secondary N) is 1. The maximum atomic E-state index is 12.2. The molecule has 0 radical (unpaired) electrons. The van der Waals surface area contributed by atoms with Crippen molar-refractivity contribution in [1.82, 2.24) is 5.32 Å². The van der Waals surface area contributed by atoms with Gasteiger partial charge in [-0.25, -0.2) is 9.59 Å². The SMILES string of the molecule is CC[C@H](NC(=O)COC(=O)COc1ccc2c(C)cc(=O)oc2c1)c1ccc(C)cc1. The molecule has 0 saturated carbocycles. The van der Waals surface area contributed by atoms with Gasteiger partial charge in [0.25, 0.3) is 5.91 Å². The molecule has 1 amide bonds. The van der Waals surface area contributed by atoms with E-state index in [2.05, 4.69) is 5.32 Å². The van der Waals surface area contributed by atoms with Crippen LogP contribution in [0.1, 0.15) is 36.1 Å². The molecule has 7 heteroatoms. The molecular formula is C24H25NO6. The number of carbonyl (C=O) groups is 2. The van der Waals surface area contributed by atoms with Crippen molar-refractivity contribution in [3.63, 3.8) is 0 Å². The van der Waals surface area contributed by atoms with Crippen LogP contribution in [-0.4, -0.2) is 25.1 Å². The molecule has 0 aliphatic carbocycles. The van der Waals surface area contributed by atoms with Gasteiger partial charge in [-0.2, -0.15) is 0 Å². The highest BCUT2D eigenvalue weighted by atomic mass is 16.6. The zero-order valence-electron chi connectivity index (χ0n) is 17.8. The van der Waals surface area contributed by atoms with Gasteiger partial charge in [0.1, 0.15) is 11.3 Å². The highest BCUT2D eigenvalue weighted by molar-refractivity contribution is 5.82. The maximum Gasteiger partial charge on any atom is 0.344 e. The molecule has 2 aromatic carbocycles. The number of rotatable bonds is 8. The Morgan fingerprint density at radius 1 is 1.03 bits per heavy atom. The number of ether oxygens (including phenoxy) is 2. The van der Waals surface area contributed by atoms with E-state index in [1.807, 2.05) is 45.0 Å². The average Bonchev–Trinajstić information content (AvgIpc) is 2.75. The van der Waals surface area contributed by atoms with Crippen molar-refractivity contribution in [2.75, 3.05) is 13.2 Å². The highest BCUT2D eigenvalue weighted by Gasteiger charge is 2.15. The van der Waals surface area contributed by atoms with Crippen LogP contribution in [0, 0.1) is 13.8 Å². The first-order valence-electron chi connectivity index (χ1n) is 10.0. The number of amides is 1. The number of esters is 1. The van der Waals surface area contributed by atoms with E-state index in [9.17, 15) is 14.4 Å². The van der Waals surface area contributed by atoms with Gasteiger partial charge in [-0.3, -0.25) is 4.79 Å². The Labute approximate surface area is 180 Å². The summed E-state index contributed by atoms with van der Waals surface area (Å²) in [5, 5.41) is 3.65. The summed E-state index contributed by atoms with van der Waals surface area (Å²) in [6.45, 7) is 5.02. The summed E-state index contributed by atoms with van der Waals surface area (Å²) >= 11 is 0. The van der Waals surface area contributed by atoms with Crippen LogP contribution < -0.4 is 15.7 Å². The van der Waals surface area contributed by atoms with Gasteiger partial charge in [-0.05, 0) is 43.5 Å². The molecule has 0 spiro atoms. The Kier molecular flexibility index (Phi) is 7.07. The molecule has 1 heterocycles. The number of benzene rings is 2. The zero-order chi connectivity index (χ0) is 22.4. The molecular weight excluding hydrogens is 398 g/mol.